The predicted molar refractivity (Wildman–Crippen MR) is 115 cm³/mol. The first kappa shape index (κ1) is 21.5. The summed E-state index contributed by atoms with van der Waals surface area (Å²) < 4.78 is 10.4. The standard InChI is InChI=1S/C22H30N4O5/c1-4-7-23-21(29)25-11-22(12-25)13-26(18(28)10-30-2)17(9-27)20-19(22)15-6-5-14(31-3)8-16(15)24-20/h5-6,8,17,24,27H,4,7,9-13H2,1-3H3,(H,23,29)/t17-/m0/s1. The zero-order chi connectivity index (χ0) is 22.2. The zero-order valence-electron chi connectivity index (χ0n) is 18.2. The molecule has 1 aromatic carbocycles. The van der Waals surface area contributed by atoms with Gasteiger partial charge >= 0.3 is 6.03 Å². The van der Waals surface area contributed by atoms with Crippen molar-refractivity contribution in [1.29, 1.82) is 0 Å². The van der Waals surface area contributed by atoms with E-state index in [-0.39, 0.29) is 25.2 Å². The lowest BCUT2D eigenvalue weighted by atomic mass is 9.69. The second-order valence-corrected chi connectivity index (χ2v) is 8.35. The van der Waals surface area contributed by atoms with Crippen LogP contribution in [0.1, 0.15) is 30.6 Å². The van der Waals surface area contributed by atoms with Crippen LogP contribution in [0.4, 0.5) is 4.79 Å². The Morgan fingerprint density at radius 2 is 2.06 bits per heavy atom. The van der Waals surface area contributed by atoms with E-state index in [0.717, 1.165) is 34.3 Å². The maximum Gasteiger partial charge on any atom is 0.317 e. The first-order chi connectivity index (χ1) is 15.0. The maximum absolute atomic E-state index is 12.8. The number of benzene rings is 1. The zero-order valence-corrected chi connectivity index (χ0v) is 18.2. The molecule has 2 aliphatic heterocycles. The van der Waals surface area contributed by atoms with Crippen molar-refractivity contribution in [3.05, 3.63) is 29.5 Å². The molecule has 4 rings (SSSR count). The number of aromatic nitrogens is 1. The van der Waals surface area contributed by atoms with Crippen LogP contribution in [0.5, 0.6) is 5.75 Å². The van der Waals surface area contributed by atoms with E-state index in [2.05, 4.69) is 10.3 Å². The number of hydrogen-bond donors (Lipinski definition) is 3. The van der Waals surface area contributed by atoms with E-state index in [9.17, 15) is 14.7 Å². The SMILES string of the molecule is CCCNC(=O)N1CC2(C1)CN(C(=O)COC)[C@@H](CO)c1[nH]c3cc(OC)ccc3c12. The molecule has 2 aromatic rings. The lowest BCUT2D eigenvalue weighted by molar-refractivity contribution is -0.142. The third kappa shape index (κ3) is 3.51. The van der Waals surface area contributed by atoms with Gasteiger partial charge < -0.3 is 34.7 Å². The number of carbonyl (C=O) groups is 2. The third-order valence-electron chi connectivity index (χ3n) is 6.31. The van der Waals surface area contributed by atoms with E-state index in [4.69, 9.17) is 9.47 Å². The summed E-state index contributed by atoms with van der Waals surface area (Å²) >= 11 is 0. The average molecular weight is 431 g/mol. The fourth-order valence-electron chi connectivity index (χ4n) is 4.90. The second kappa shape index (κ2) is 8.39. The van der Waals surface area contributed by atoms with Crippen molar-refractivity contribution < 1.29 is 24.2 Å². The lowest BCUT2D eigenvalue weighted by Crippen LogP contribution is -2.69. The van der Waals surface area contributed by atoms with Crippen LogP contribution in [0, 0.1) is 0 Å². The topological polar surface area (TPSA) is 107 Å². The molecule has 1 spiro atoms. The molecule has 0 radical (unpaired) electrons. The van der Waals surface area contributed by atoms with Gasteiger partial charge in [0, 0.05) is 56.0 Å². The molecular formula is C22H30N4O5. The highest BCUT2D eigenvalue weighted by molar-refractivity contribution is 5.90. The van der Waals surface area contributed by atoms with Gasteiger partial charge in [-0.3, -0.25) is 4.79 Å². The number of aliphatic hydroxyl groups excluding tert-OH is 1. The summed E-state index contributed by atoms with van der Waals surface area (Å²) in [7, 11) is 3.10. The fraction of sp³-hybridized carbons (Fsp3) is 0.545. The molecule has 9 heteroatoms. The summed E-state index contributed by atoms with van der Waals surface area (Å²) in [6, 6.07) is 5.25. The van der Waals surface area contributed by atoms with Crippen molar-refractivity contribution in [3.8, 4) is 5.75 Å². The quantitative estimate of drug-likeness (QED) is 0.642. The largest absolute Gasteiger partial charge is 0.497 e. The first-order valence-corrected chi connectivity index (χ1v) is 10.6. The number of H-pyrrole nitrogens is 1. The number of methoxy groups -OCH3 is 2. The van der Waals surface area contributed by atoms with Crippen LogP contribution in [-0.4, -0.2) is 85.4 Å². The van der Waals surface area contributed by atoms with Gasteiger partial charge in [0.25, 0.3) is 0 Å². The predicted octanol–water partition coefficient (Wildman–Crippen LogP) is 1.37. The van der Waals surface area contributed by atoms with Crippen LogP contribution in [-0.2, 0) is 14.9 Å². The Hall–Kier alpha value is -2.78. The van der Waals surface area contributed by atoms with Gasteiger partial charge in [0.1, 0.15) is 12.4 Å². The molecule has 31 heavy (non-hydrogen) atoms. The van der Waals surface area contributed by atoms with Crippen molar-refractivity contribution in [2.24, 2.45) is 0 Å². The summed E-state index contributed by atoms with van der Waals surface area (Å²) in [6.07, 6.45) is 0.872. The van der Waals surface area contributed by atoms with E-state index in [1.807, 2.05) is 25.1 Å². The smallest absolute Gasteiger partial charge is 0.317 e. The van der Waals surface area contributed by atoms with Crippen molar-refractivity contribution in [3.63, 3.8) is 0 Å². The Balaban J connectivity index is 1.77. The summed E-state index contributed by atoms with van der Waals surface area (Å²) in [5.74, 6) is 0.541. The monoisotopic (exact) mass is 430 g/mol. The van der Waals surface area contributed by atoms with E-state index >= 15 is 0 Å². The normalized spacial score (nSPS) is 19.3. The molecule has 1 fully saturated rings. The van der Waals surface area contributed by atoms with Gasteiger partial charge in [-0.1, -0.05) is 6.92 Å². The number of nitrogens with one attached hydrogen (secondary N) is 2. The minimum Gasteiger partial charge on any atom is -0.497 e. The average Bonchev–Trinajstić information content (AvgIpc) is 3.13. The van der Waals surface area contributed by atoms with Crippen molar-refractivity contribution in [1.82, 2.24) is 20.1 Å². The number of aliphatic hydroxyl groups is 1. The van der Waals surface area contributed by atoms with Crippen molar-refractivity contribution in [2.75, 3.05) is 53.6 Å². The molecule has 0 aliphatic carbocycles. The van der Waals surface area contributed by atoms with Crippen LogP contribution in [0.3, 0.4) is 0 Å². The maximum atomic E-state index is 12.8. The van der Waals surface area contributed by atoms with Gasteiger partial charge in [0.15, 0.2) is 0 Å². The van der Waals surface area contributed by atoms with Gasteiger partial charge in [-0.15, -0.1) is 0 Å². The van der Waals surface area contributed by atoms with E-state index in [1.165, 1.54) is 7.11 Å². The van der Waals surface area contributed by atoms with Gasteiger partial charge in [-0.25, -0.2) is 4.79 Å². The molecule has 1 saturated heterocycles. The minimum absolute atomic E-state index is 0.0589. The minimum atomic E-state index is -0.496. The van der Waals surface area contributed by atoms with Crippen LogP contribution in [0.25, 0.3) is 10.9 Å². The third-order valence-corrected chi connectivity index (χ3v) is 6.31. The first-order valence-electron chi connectivity index (χ1n) is 10.6. The molecule has 0 bridgehead atoms. The molecule has 3 N–H and O–H groups in total. The number of aromatic amines is 1. The number of amides is 3. The summed E-state index contributed by atoms with van der Waals surface area (Å²) in [5, 5.41) is 14.1. The summed E-state index contributed by atoms with van der Waals surface area (Å²) in [6.45, 7) is 3.81. The number of ether oxygens (including phenoxy) is 2. The molecular weight excluding hydrogens is 400 g/mol. The fourth-order valence-corrected chi connectivity index (χ4v) is 4.90. The van der Waals surface area contributed by atoms with Crippen LogP contribution < -0.4 is 10.1 Å². The van der Waals surface area contributed by atoms with Crippen LogP contribution >= 0.6 is 0 Å². The molecule has 2 aliphatic rings. The molecule has 3 amide bonds. The molecule has 0 unspecified atom stereocenters. The molecule has 168 valence electrons. The van der Waals surface area contributed by atoms with E-state index in [1.54, 1.807) is 16.9 Å². The van der Waals surface area contributed by atoms with E-state index < -0.39 is 11.5 Å². The molecule has 1 aromatic heterocycles. The summed E-state index contributed by atoms with van der Waals surface area (Å²) in [5.41, 5.74) is 2.37. The number of hydrogen-bond acceptors (Lipinski definition) is 5. The van der Waals surface area contributed by atoms with Crippen molar-refractivity contribution in [2.45, 2.75) is 24.8 Å². The number of urea groups is 1. The van der Waals surface area contributed by atoms with Gasteiger partial charge in [-0.2, -0.15) is 0 Å². The Morgan fingerprint density at radius 3 is 2.71 bits per heavy atom. The van der Waals surface area contributed by atoms with Crippen LogP contribution in [0.2, 0.25) is 0 Å². The molecule has 0 saturated carbocycles. The number of carbonyl (C=O) groups excluding carboxylic acids is 2. The van der Waals surface area contributed by atoms with Gasteiger partial charge in [0.2, 0.25) is 5.91 Å². The van der Waals surface area contributed by atoms with Gasteiger partial charge in [-0.05, 0) is 24.1 Å². The van der Waals surface area contributed by atoms with Crippen LogP contribution in [0.15, 0.2) is 18.2 Å². The molecule has 1 atom stereocenters. The molecule has 3 heterocycles. The number of nitrogens with zero attached hydrogens (tertiary/aromatic N) is 2. The van der Waals surface area contributed by atoms with E-state index in [0.29, 0.717) is 26.2 Å². The van der Waals surface area contributed by atoms with Gasteiger partial charge in [0.05, 0.1) is 25.2 Å². The highest BCUT2D eigenvalue weighted by Gasteiger charge is 2.54. The highest BCUT2D eigenvalue weighted by atomic mass is 16.5. The Bertz CT molecular complexity index is 982. The highest BCUT2D eigenvalue weighted by Crippen LogP contribution is 2.48. The Kier molecular flexibility index (Phi) is 5.81. The second-order valence-electron chi connectivity index (χ2n) is 8.35. The number of fused-ring (bicyclic) bond motifs is 4. The summed E-state index contributed by atoms with van der Waals surface area (Å²) in [4.78, 5) is 32.2. The Labute approximate surface area is 181 Å². The lowest BCUT2D eigenvalue weighted by Gasteiger charge is -2.55. The number of likely N-dealkylation sites (tertiary alicyclic amines) is 1. The Morgan fingerprint density at radius 1 is 1.29 bits per heavy atom. The van der Waals surface area contributed by atoms with Crippen molar-refractivity contribution >= 4 is 22.8 Å². The molecule has 9 nitrogen and oxygen atoms in total. The number of rotatable bonds is 6.